The Morgan fingerprint density at radius 2 is 2.12 bits per heavy atom. The van der Waals surface area contributed by atoms with Crippen LogP contribution in [0, 0.1) is 5.82 Å². The molecular formula is C10H12F3NO2. The molecule has 0 heterocycles. The molecule has 0 saturated carbocycles. The molecule has 0 radical (unpaired) electrons. The molecule has 0 unspecified atom stereocenters. The van der Waals surface area contributed by atoms with E-state index in [2.05, 4.69) is 0 Å². The summed E-state index contributed by atoms with van der Waals surface area (Å²) in [7, 11) is 1.33. The highest BCUT2D eigenvalue weighted by atomic mass is 19.3. The minimum Gasteiger partial charge on any atom is -0.497 e. The van der Waals surface area contributed by atoms with E-state index in [-0.39, 0.29) is 11.3 Å². The smallest absolute Gasteiger partial charge is 0.289 e. The number of hydrogen-bond acceptors (Lipinski definition) is 3. The molecule has 1 rings (SSSR count). The SMILES string of the molecule is COc1ccc([C@@H](N)C(F)(F)CO)c(F)c1. The fourth-order valence-electron chi connectivity index (χ4n) is 1.21. The molecule has 0 amide bonds. The van der Waals surface area contributed by atoms with Crippen molar-refractivity contribution in [3.05, 3.63) is 29.6 Å². The maximum atomic E-state index is 13.4. The van der Waals surface area contributed by atoms with Crippen LogP contribution in [-0.2, 0) is 0 Å². The normalized spacial score (nSPS) is 13.6. The van der Waals surface area contributed by atoms with E-state index < -0.39 is 24.4 Å². The van der Waals surface area contributed by atoms with Crippen LogP contribution in [0.4, 0.5) is 13.2 Å². The van der Waals surface area contributed by atoms with Crippen LogP contribution in [0.1, 0.15) is 11.6 Å². The zero-order chi connectivity index (χ0) is 12.3. The molecule has 3 N–H and O–H groups in total. The molecule has 0 aliphatic carbocycles. The molecule has 16 heavy (non-hydrogen) atoms. The van der Waals surface area contributed by atoms with Gasteiger partial charge in [0.15, 0.2) is 0 Å². The number of halogens is 3. The molecule has 0 fully saturated rings. The summed E-state index contributed by atoms with van der Waals surface area (Å²) in [5.74, 6) is -4.24. The number of nitrogens with two attached hydrogens (primary N) is 1. The van der Waals surface area contributed by atoms with E-state index >= 15 is 0 Å². The van der Waals surface area contributed by atoms with E-state index in [1.165, 1.54) is 13.2 Å². The van der Waals surface area contributed by atoms with Crippen LogP contribution in [0.2, 0.25) is 0 Å². The number of ether oxygens (including phenoxy) is 1. The second-order valence-electron chi connectivity index (χ2n) is 3.28. The van der Waals surface area contributed by atoms with Gasteiger partial charge in [0.25, 0.3) is 5.92 Å². The van der Waals surface area contributed by atoms with Crippen molar-refractivity contribution in [3.8, 4) is 5.75 Å². The van der Waals surface area contributed by atoms with Gasteiger partial charge in [0.2, 0.25) is 0 Å². The summed E-state index contributed by atoms with van der Waals surface area (Å²) in [6.07, 6.45) is 0. The van der Waals surface area contributed by atoms with Crippen molar-refractivity contribution in [2.75, 3.05) is 13.7 Å². The number of methoxy groups -OCH3 is 1. The van der Waals surface area contributed by atoms with E-state index in [0.717, 1.165) is 12.1 Å². The first-order valence-corrected chi connectivity index (χ1v) is 4.50. The Balaban J connectivity index is 3.05. The van der Waals surface area contributed by atoms with E-state index in [1.54, 1.807) is 0 Å². The van der Waals surface area contributed by atoms with Crippen LogP contribution in [0.3, 0.4) is 0 Å². The number of benzene rings is 1. The van der Waals surface area contributed by atoms with Crippen LogP contribution >= 0.6 is 0 Å². The van der Waals surface area contributed by atoms with E-state index in [9.17, 15) is 13.2 Å². The van der Waals surface area contributed by atoms with E-state index in [4.69, 9.17) is 15.6 Å². The summed E-state index contributed by atoms with van der Waals surface area (Å²) in [5, 5.41) is 8.44. The standard InChI is InChI=1S/C10H12F3NO2/c1-16-6-2-3-7(8(11)4-6)9(14)10(12,13)5-15/h2-4,9,15H,5,14H2,1H3/t9-/m1/s1. The van der Waals surface area contributed by atoms with Gasteiger partial charge in [-0.25, -0.2) is 13.2 Å². The van der Waals surface area contributed by atoms with Crippen molar-refractivity contribution in [1.29, 1.82) is 0 Å². The van der Waals surface area contributed by atoms with Gasteiger partial charge in [-0.05, 0) is 6.07 Å². The third kappa shape index (κ3) is 2.45. The Labute approximate surface area is 90.6 Å². The molecule has 0 aliphatic heterocycles. The Morgan fingerprint density at radius 1 is 1.50 bits per heavy atom. The topological polar surface area (TPSA) is 55.5 Å². The second kappa shape index (κ2) is 4.71. The third-order valence-corrected chi connectivity index (χ3v) is 2.21. The van der Waals surface area contributed by atoms with Gasteiger partial charge in [-0.1, -0.05) is 6.07 Å². The number of aliphatic hydroxyl groups is 1. The lowest BCUT2D eigenvalue weighted by Crippen LogP contribution is -2.36. The van der Waals surface area contributed by atoms with Gasteiger partial charge in [-0.15, -0.1) is 0 Å². The molecule has 1 atom stereocenters. The summed E-state index contributed by atoms with van der Waals surface area (Å²) in [6, 6.07) is 1.51. The van der Waals surface area contributed by atoms with Gasteiger partial charge < -0.3 is 15.6 Å². The highest BCUT2D eigenvalue weighted by Gasteiger charge is 2.38. The maximum Gasteiger partial charge on any atom is 0.289 e. The number of aliphatic hydroxyl groups excluding tert-OH is 1. The van der Waals surface area contributed by atoms with Crippen LogP contribution in [0.5, 0.6) is 5.75 Å². The lowest BCUT2D eigenvalue weighted by atomic mass is 10.0. The third-order valence-electron chi connectivity index (χ3n) is 2.21. The molecule has 0 spiro atoms. The summed E-state index contributed by atoms with van der Waals surface area (Å²) < 4.78 is 44.1. The van der Waals surface area contributed by atoms with Gasteiger partial charge in [-0.3, -0.25) is 0 Å². The first-order chi connectivity index (χ1) is 7.42. The number of hydrogen-bond donors (Lipinski definition) is 2. The van der Waals surface area contributed by atoms with Crippen molar-refractivity contribution in [2.45, 2.75) is 12.0 Å². The number of alkyl halides is 2. The monoisotopic (exact) mass is 235 g/mol. The molecule has 6 heteroatoms. The van der Waals surface area contributed by atoms with Crippen LogP contribution in [0.15, 0.2) is 18.2 Å². The highest BCUT2D eigenvalue weighted by Crippen LogP contribution is 2.31. The summed E-state index contributed by atoms with van der Waals surface area (Å²) in [5.41, 5.74) is 4.82. The van der Waals surface area contributed by atoms with Crippen molar-refractivity contribution in [3.63, 3.8) is 0 Å². The molecule has 0 aromatic heterocycles. The molecule has 1 aromatic carbocycles. The molecule has 0 aliphatic rings. The fraction of sp³-hybridized carbons (Fsp3) is 0.400. The first kappa shape index (κ1) is 12.8. The zero-order valence-electron chi connectivity index (χ0n) is 8.58. The summed E-state index contributed by atoms with van der Waals surface area (Å²) in [4.78, 5) is 0. The Kier molecular flexibility index (Phi) is 3.77. The van der Waals surface area contributed by atoms with Crippen LogP contribution < -0.4 is 10.5 Å². The molecule has 0 bridgehead atoms. The molecule has 3 nitrogen and oxygen atoms in total. The van der Waals surface area contributed by atoms with Crippen LogP contribution in [-0.4, -0.2) is 24.7 Å². The van der Waals surface area contributed by atoms with Gasteiger partial charge in [0, 0.05) is 11.6 Å². The van der Waals surface area contributed by atoms with Crippen molar-refractivity contribution in [2.24, 2.45) is 5.73 Å². The molecular weight excluding hydrogens is 223 g/mol. The van der Waals surface area contributed by atoms with Gasteiger partial charge >= 0.3 is 0 Å². The minimum atomic E-state index is -3.56. The predicted molar refractivity (Wildman–Crippen MR) is 51.9 cm³/mol. The van der Waals surface area contributed by atoms with Crippen LogP contribution in [0.25, 0.3) is 0 Å². The van der Waals surface area contributed by atoms with Gasteiger partial charge in [0.1, 0.15) is 18.2 Å². The predicted octanol–water partition coefficient (Wildman–Crippen LogP) is 1.46. The minimum absolute atomic E-state index is 0.209. The fourth-order valence-corrected chi connectivity index (χ4v) is 1.21. The van der Waals surface area contributed by atoms with Gasteiger partial charge in [0.05, 0.1) is 13.2 Å². The average molecular weight is 235 g/mol. The average Bonchev–Trinajstić information content (AvgIpc) is 2.28. The molecule has 90 valence electrons. The van der Waals surface area contributed by atoms with Gasteiger partial charge in [-0.2, -0.15) is 0 Å². The largest absolute Gasteiger partial charge is 0.497 e. The number of rotatable bonds is 4. The second-order valence-corrected chi connectivity index (χ2v) is 3.28. The Bertz CT molecular complexity index is 371. The van der Waals surface area contributed by atoms with Crippen molar-refractivity contribution in [1.82, 2.24) is 0 Å². The Hall–Kier alpha value is -1.27. The van der Waals surface area contributed by atoms with Crippen molar-refractivity contribution >= 4 is 0 Å². The summed E-state index contributed by atoms with van der Waals surface area (Å²) >= 11 is 0. The highest BCUT2D eigenvalue weighted by molar-refractivity contribution is 5.31. The first-order valence-electron chi connectivity index (χ1n) is 4.50. The van der Waals surface area contributed by atoms with Crippen molar-refractivity contribution < 1.29 is 23.0 Å². The van der Waals surface area contributed by atoms with E-state index in [0.29, 0.717) is 0 Å². The lowest BCUT2D eigenvalue weighted by molar-refractivity contribution is -0.0718. The maximum absolute atomic E-state index is 13.4. The molecule has 1 aromatic rings. The zero-order valence-corrected chi connectivity index (χ0v) is 8.58. The van der Waals surface area contributed by atoms with E-state index in [1.807, 2.05) is 0 Å². The quantitative estimate of drug-likeness (QED) is 0.830. The lowest BCUT2D eigenvalue weighted by Gasteiger charge is -2.22. The summed E-state index contributed by atoms with van der Waals surface area (Å²) in [6.45, 7) is -1.43. The molecule has 0 saturated heterocycles. The Morgan fingerprint density at radius 3 is 2.56 bits per heavy atom.